The molecule has 0 saturated heterocycles. The van der Waals surface area contributed by atoms with Crippen LogP contribution in [0.1, 0.15) is 0 Å². The van der Waals surface area contributed by atoms with Crippen molar-refractivity contribution in [2.45, 2.75) is 0 Å². The molecule has 0 bridgehead atoms. The van der Waals surface area contributed by atoms with Crippen LogP contribution in [0.5, 0.6) is 0 Å². The van der Waals surface area contributed by atoms with Crippen molar-refractivity contribution < 1.29 is 9.84 Å². The molecule has 0 aromatic carbocycles. The van der Waals surface area contributed by atoms with Crippen LogP contribution in [0, 0.1) is 0 Å². The van der Waals surface area contributed by atoms with Crippen LogP contribution in [0.4, 0.5) is 0 Å². The standard InChI is InChI=1S/C5H12NO2/c1-6(2)3-4-8-5-7/h3-5H2,1-2H3. The molecular weight excluding hydrogens is 106 g/mol. The molecule has 0 fully saturated rings. The molecule has 0 spiro atoms. The second-order valence-corrected chi connectivity index (χ2v) is 1.83. The van der Waals surface area contributed by atoms with Crippen molar-refractivity contribution in [3.05, 3.63) is 0 Å². The predicted octanol–water partition coefficient (Wildman–Crippen LogP) is -0.0474. The van der Waals surface area contributed by atoms with Crippen LogP contribution >= 0.6 is 0 Å². The molecule has 0 aliphatic rings. The normalized spacial score (nSPS) is 10.5. The van der Waals surface area contributed by atoms with E-state index in [0.29, 0.717) is 6.61 Å². The lowest BCUT2D eigenvalue weighted by Crippen LogP contribution is -2.17. The van der Waals surface area contributed by atoms with Gasteiger partial charge in [-0.1, -0.05) is 0 Å². The summed E-state index contributed by atoms with van der Waals surface area (Å²) >= 11 is 0. The molecule has 49 valence electrons. The Balaban J connectivity index is 2.72. The summed E-state index contributed by atoms with van der Waals surface area (Å²) < 4.78 is 4.55. The lowest BCUT2D eigenvalue weighted by Gasteiger charge is -2.06. The third kappa shape index (κ3) is 5.88. The molecule has 0 aliphatic heterocycles. The van der Waals surface area contributed by atoms with E-state index in [9.17, 15) is 5.11 Å². The van der Waals surface area contributed by atoms with Crippen molar-refractivity contribution >= 4 is 0 Å². The fraction of sp³-hybridized carbons (Fsp3) is 1.00. The average molecular weight is 118 g/mol. The Morgan fingerprint density at radius 2 is 2.12 bits per heavy atom. The largest absolute Gasteiger partial charge is 0.351 e. The molecule has 0 aromatic heterocycles. The zero-order valence-corrected chi connectivity index (χ0v) is 5.39. The molecular formula is C5H12NO2. The van der Waals surface area contributed by atoms with Gasteiger partial charge < -0.3 is 9.64 Å². The molecule has 3 heteroatoms. The van der Waals surface area contributed by atoms with Gasteiger partial charge >= 0.3 is 0 Å². The van der Waals surface area contributed by atoms with E-state index in [4.69, 9.17) is 0 Å². The van der Waals surface area contributed by atoms with Crippen LogP contribution in [-0.2, 0) is 9.84 Å². The summed E-state index contributed by atoms with van der Waals surface area (Å²) in [6.07, 6.45) is 0. The second kappa shape index (κ2) is 5.03. The van der Waals surface area contributed by atoms with E-state index in [1.54, 1.807) is 0 Å². The highest BCUT2D eigenvalue weighted by Gasteiger charge is 1.87. The Morgan fingerprint density at radius 3 is 2.50 bits per heavy atom. The van der Waals surface area contributed by atoms with Crippen LogP contribution < -0.4 is 0 Å². The van der Waals surface area contributed by atoms with Crippen molar-refractivity contribution in [2.24, 2.45) is 0 Å². The van der Waals surface area contributed by atoms with E-state index in [2.05, 4.69) is 4.74 Å². The minimum absolute atomic E-state index is 0.423. The first-order chi connectivity index (χ1) is 3.77. The summed E-state index contributed by atoms with van der Waals surface area (Å²) in [6.45, 7) is 0.937. The Labute approximate surface area is 49.9 Å². The van der Waals surface area contributed by atoms with E-state index in [1.165, 1.54) is 0 Å². The van der Waals surface area contributed by atoms with E-state index < -0.39 is 6.79 Å². The SMILES string of the molecule is CN(C)CCOC[O]. The molecule has 0 aliphatic carbocycles. The summed E-state index contributed by atoms with van der Waals surface area (Å²) in [7, 11) is 3.88. The monoisotopic (exact) mass is 118 g/mol. The van der Waals surface area contributed by atoms with Gasteiger partial charge in [-0.05, 0) is 14.1 Å². The minimum Gasteiger partial charge on any atom is -0.351 e. The molecule has 0 atom stereocenters. The first-order valence-corrected chi connectivity index (χ1v) is 2.58. The molecule has 0 rings (SSSR count). The minimum atomic E-state index is -0.423. The number of rotatable bonds is 4. The van der Waals surface area contributed by atoms with Crippen molar-refractivity contribution in [1.82, 2.24) is 4.90 Å². The van der Waals surface area contributed by atoms with Gasteiger partial charge in [-0.15, -0.1) is 0 Å². The zero-order valence-electron chi connectivity index (χ0n) is 5.39. The summed E-state index contributed by atoms with van der Waals surface area (Å²) in [5, 5.41) is 9.67. The molecule has 1 radical (unpaired) electrons. The molecule has 8 heavy (non-hydrogen) atoms. The van der Waals surface area contributed by atoms with Gasteiger partial charge in [0.25, 0.3) is 0 Å². The molecule has 0 heterocycles. The van der Waals surface area contributed by atoms with Gasteiger partial charge in [0.1, 0.15) is 0 Å². The molecule has 0 saturated carbocycles. The Kier molecular flexibility index (Phi) is 4.95. The Morgan fingerprint density at radius 1 is 1.50 bits per heavy atom. The van der Waals surface area contributed by atoms with Crippen molar-refractivity contribution in [3.8, 4) is 0 Å². The average Bonchev–Trinajstić information content (AvgIpc) is 1.66. The molecule has 0 amide bonds. The van der Waals surface area contributed by atoms with Crippen molar-refractivity contribution in [1.29, 1.82) is 0 Å². The van der Waals surface area contributed by atoms with Crippen LogP contribution in [0.3, 0.4) is 0 Å². The highest BCUT2D eigenvalue weighted by Crippen LogP contribution is 1.74. The van der Waals surface area contributed by atoms with E-state index >= 15 is 0 Å². The number of likely N-dealkylation sites (N-methyl/N-ethyl adjacent to an activating group) is 1. The summed E-state index contributed by atoms with van der Waals surface area (Å²) in [5.74, 6) is 0. The molecule has 0 aromatic rings. The third-order valence-corrected chi connectivity index (χ3v) is 0.766. The van der Waals surface area contributed by atoms with Crippen molar-refractivity contribution in [3.63, 3.8) is 0 Å². The highest BCUT2D eigenvalue weighted by atomic mass is 16.6. The quantitative estimate of drug-likeness (QED) is 0.383. The number of hydrogen-bond donors (Lipinski definition) is 0. The van der Waals surface area contributed by atoms with Gasteiger partial charge in [0.15, 0.2) is 6.79 Å². The van der Waals surface area contributed by atoms with Gasteiger partial charge in [0, 0.05) is 6.54 Å². The smallest absolute Gasteiger partial charge is 0.180 e. The van der Waals surface area contributed by atoms with Gasteiger partial charge in [-0.3, -0.25) is 0 Å². The van der Waals surface area contributed by atoms with E-state index in [-0.39, 0.29) is 0 Å². The fourth-order valence-corrected chi connectivity index (χ4v) is 0.306. The molecule has 0 unspecified atom stereocenters. The third-order valence-electron chi connectivity index (χ3n) is 0.766. The van der Waals surface area contributed by atoms with Crippen molar-refractivity contribution in [2.75, 3.05) is 34.0 Å². The number of nitrogens with zero attached hydrogens (tertiary/aromatic N) is 1. The first kappa shape index (κ1) is 7.88. The number of ether oxygens (including phenoxy) is 1. The summed E-state index contributed by atoms with van der Waals surface area (Å²) in [6, 6.07) is 0. The first-order valence-electron chi connectivity index (χ1n) is 2.58. The maximum atomic E-state index is 9.67. The number of hydrogen-bond acceptors (Lipinski definition) is 2. The maximum absolute atomic E-state index is 9.67. The van der Waals surface area contributed by atoms with Crippen LogP contribution in [-0.4, -0.2) is 38.9 Å². The van der Waals surface area contributed by atoms with Gasteiger partial charge in [-0.2, -0.15) is 0 Å². The van der Waals surface area contributed by atoms with Crippen LogP contribution in [0.2, 0.25) is 0 Å². The highest BCUT2D eigenvalue weighted by molar-refractivity contribution is 4.36. The predicted molar refractivity (Wildman–Crippen MR) is 30.1 cm³/mol. The lowest BCUT2D eigenvalue weighted by molar-refractivity contribution is -0.0467. The van der Waals surface area contributed by atoms with E-state index in [1.807, 2.05) is 19.0 Å². The lowest BCUT2D eigenvalue weighted by atomic mass is 10.6. The van der Waals surface area contributed by atoms with Gasteiger partial charge in [0.2, 0.25) is 0 Å². The molecule has 0 N–H and O–H groups in total. The second-order valence-electron chi connectivity index (χ2n) is 1.83. The van der Waals surface area contributed by atoms with Crippen LogP contribution in [0.25, 0.3) is 0 Å². The van der Waals surface area contributed by atoms with Gasteiger partial charge in [0.05, 0.1) is 6.61 Å². The maximum Gasteiger partial charge on any atom is 0.180 e. The topological polar surface area (TPSA) is 32.4 Å². The molecule has 3 nitrogen and oxygen atoms in total. The Bertz CT molecular complexity index is 47.7. The summed E-state index contributed by atoms with van der Waals surface area (Å²) in [4.78, 5) is 1.97. The fourth-order valence-electron chi connectivity index (χ4n) is 0.306. The summed E-state index contributed by atoms with van der Waals surface area (Å²) in [5.41, 5.74) is 0. The Hall–Kier alpha value is -0.120. The van der Waals surface area contributed by atoms with Crippen LogP contribution in [0.15, 0.2) is 0 Å². The van der Waals surface area contributed by atoms with E-state index in [0.717, 1.165) is 6.54 Å². The van der Waals surface area contributed by atoms with Gasteiger partial charge in [-0.25, -0.2) is 5.11 Å². The zero-order chi connectivity index (χ0) is 6.41.